The number of benzene rings is 16. The van der Waals surface area contributed by atoms with Crippen molar-refractivity contribution in [3.05, 3.63) is 443 Å². The fourth-order valence-electron chi connectivity index (χ4n) is 16.5. The van der Waals surface area contributed by atoms with Crippen LogP contribution in [0, 0.1) is 0 Å². The zero-order chi connectivity index (χ0) is 81.1. The molecule has 0 radical (unpaired) electrons. The largest absolute Gasteiger partial charge is 0.453 e. The zero-order valence-electron chi connectivity index (χ0n) is 66.1. The molecule has 0 N–H and O–H groups in total. The van der Waals surface area contributed by atoms with Crippen LogP contribution in [0.5, 0.6) is 0 Å². The van der Waals surface area contributed by atoms with Crippen LogP contribution in [0.3, 0.4) is 0 Å². The zero-order valence-corrected chi connectivity index (χ0v) is 66.1. The second-order valence-electron chi connectivity index (χ2n) is 30.2. The first kappa shape index (κ1) is 73.2. The first-order chi connectivity index (χ1) is 60.5. The number of nitrogens with zero attached hydrogens (tertiary/aromatic N) is 7. The van der Waals surface area contributed by atoms with E-state index >= 15 is 0 Å². The van der Waals surface area contributed by atoms with Crippen molar-refractivity contribution in [3.63, 3.8) is 0 Å². The van der Waals surface area contributed by atoms with E-state index in [1.54, 1.807) is 0 Å². The molecule has 0 fully saturated rings. The molecule has 0 aliphatic heterocycles. The molecule has 6 aromatic heterocycles. The third-order valence-electron chi connectivity index (χ3n) is 22.4. The van der Waals surface area contributed by atoms with E-state index in [-0.39, 0.29) is 0 Å². The smallest absolute Gasteiger partial charge is 0.164 e. The number of para-hydroxylation sites is 2. The van der Waals surface area contributed by atoms with Gasteiger partial charge in [0.05, 0.1) is 22.4 Å². The highest BCUT2D eigenvalue weighted by molar-refractivity contribution is 6.20. The van der Waals surface area contributed by atoms with Crippen molar-refractivity contribution in [2.24, 2.45) is 0 Å². The summed E-state index contributed by atoms with van der Waals surface area (Å²) < 4.78 is 14.1. The van der Waals surface area contributed by atoms with Crippen LogP contribution in [0.2, 0.25) is 0 Å². The highest BCUT2D eigenvalue weighted by Crippen LogP contribution is 2.50. The number of fused-ring (bicyclic) bond motifs is 6. The van der Waals surface area contributed by atoms with Crippen molar-refractivity contribution in [2.45, 2.75) is 0 Å². The third-order valence-corrected chi connectivity index (χ3v) is 22.4. The van der Waals surface area contributed by atoms with E-state index in [0.29, 0.717) is 23.3 Å². The lowest BCUT2D eigenvalue weighted by Gasteiger charge is -2.12. The van der Waals surface area contributed by atoms with Gasteiger partial charge in [0.15, 0.2) is 34.5 Å². The van der Waals surface area contributed by atoms with Gasteiger partial charge in [-0.15, -0.1) is 0 Å². The average Bonchev–Trinajstić information content (AvgIpc) is 1.57. The third kappa shape index (κ3) is 14.5. The molecular weight excluding hydrogens is 1490 g/mol. The summed E-state index contributed by atoms with van der Waals surface area (Å²) in [5.41, 5.74) is 29.2. The Morgan fingerprint density at radius 3 is 0.795 bits per heavy atom. The summed E-state index contributed by atoms with van der Waals surface area (Å²) in [6.45, 7) is 0. The number of hydrogen-bond acceptors (Lipinski definition) is 9. The summed E-state index contributed by atoms with van der Waals surface area (Å²) in [5, 5.41) is 4.09. The second-order valence-corrected chi connectivity index (χ2v) is 30.2. The van der Waals surface area contributed by atoms with Crippen molar-refractivity contribution in [1.29, 1.82) is 0 Å². The summed E-state index contributed by atoms with van der Waals surface area (Å²) in [7, 11) is 0. The molecule has 16 aromatic carbocycles. The number of rotatable bonds is 16. The summed E-state index contributed by atoms with van der Waals surface area (Å²) in [4.78, 5) is 36.5. The molecule has 9 heteroatoms. The molecule has 572 valence electrons. The Hall–Kier alpha value is -16.5. The van der Waals surface area contributed by atoms with Crippen molar-refractivity contribution in [2.75, 3.05) is 0 Å². The van der Waals surface area contributed by atoms with Gasteiger partial charge in [0, 0.05) is 88.3 Å². The lowest BCUT2D eigenvalue weighted by molar-refractivity contribution is 0.632. The molecule has 0 saturated heterocycles. The van der Waals surface area contributed by atoms with Crippen molar-refractivity contribution in [1.82, 2.24) is 34.9 Å². The van der Waals surface area contributed by atoms with Crippen molar-refractivity contribution < 1.29 is 8.83 Å². The van der Waals surface area contributed by atoms with Gasteiger partial charge in [-0.25, -0.2) is 34.9 Å². The van der Waals surface area contributed by atoms with Crippen molar-refractivity contribution >= 4 is 43.7 Å². The minimum absolute atomic E-state index is 0.572. The molecular formula is C113H73N7O2. The SMILES string of the molecule is c1ccc(-c2ccc(-c3cc(-c4cccc(-c5c(-c6ccccc6)oc6c(-c7ccccc7)nc7ccccc7c56)c4)nc(-c4ccc(-c5ccccc5)cc4)n3)cc2)cc1.c1ccc(-c2cccc(-c3nc(-c4cccc(-c5ccccc5)c4)nc(-c4cccc(-c5c(-c6ccccc6)oc6c(-c7ccccc7)nc7ccccc7c56)c4)n3)c2)cc1. The molecule has 0 amide bonds. The van der Waals surface area contributed by atoms with Gasteiger partial charge >= 0.3 is 0 Å². The molecule has 6 heterocycles. The average molecular weight is 1560 g/mol. The molecule has 0 saturated carbocycles. The number of hydrogen-bond donors (Lipinski definition) is 0. The van der Waals surface area contributed by atoms with Crippen LogP contribution in [0.15, 0.2) is 452 Å². The number of pyridine rings is 2. The van der Waals surface area contributed by atoms with Crippen LogP contribution in [0.1, 0.15) is 0 Å². The highest BCUT2D eigenvalue weighted by atomic mass is 16.3. The minimum atomic E-state index is 0.572. The summed E-state index contributed by atoms with van der Waals surface area (Å²) >= 11 is 0. The Balaban J connectivity index is 0.000000150. The Labute approximate surface area is 705 Å². The Morgan fingerprint density at radius 1 is 0.156 bits per heavy atom. The molecule has 0 unspecified atom stereocenters. The normalized spacial score (nSPS) is 11.3. The maximum absolute atomic E-state index is 7.03. The molecule has 122 heavy (non-hydrogen) atoms. The molecule has 9 nitrogen and oxygen atoms in total. The predicted octanol–water partition coefficient (Wildman–Crippen LogP) is 29.6. The minimum Gasteiger partial charge on any atom is -0.453 e. The van der Waals surface area contributed by atoms with E-state index in [4.69, 9.17) is 43.7 Å². The van der Waals surface area contributed by atoms with Crippen LogP contribution in [-0.4, -0.2) is 34.9 Å². The maximum Gasteiger partial charge on any atom is 0.164 e. The maximum atomic E-state index is 7.03. The molecule has 0 aliphatic rings. The van der Waals surface area contributed by atoms with E-state index in [2.05, 4.69) is 346 Å². The number of aromatic nitrogens is 7. The fraction of sp³-hybridized carbons (Fsp3) is 0. The van der Waals surface area contributed by atoms with Crippen LogP contribution < -0.4 is 0 Å². The lowest BCUT2D eigenvalue weighted by Crippen LogP contribution is -2.00. The van der Waals surface area contributed by atoms with E-state index in [0.717, 1.165) is 189 Å². The van der Waals surface area contributed by atoms with Crippen LogP contribution in [0.25, 0.3) is 224 Å². The van der Waals surface area contributed by atoms with Gasteiger partial charge in [0.2, 0.25) is 0 Å². The molecule has 0 bridgehead atoms. The van der Waals surface area contributed by atoms with Gasteiger partial charge in [0.25, 0.3) is 0 Å². The lowest BCUT2D eigenvalue weighted by atomic mass is 9.94. The van der Waals surface area contributed by atoms with E-state index < -0.39 is 0 Å². The molecule has 22 rings (SSSR count). The van der Waals surface area contributed by atoms with E-state index in [9.17, 15) is 0 Å². The molecule has 0 aliphatic carbocycles. The topological polar surface area (TPSA) is 117 Å². The van der Waals surface area contributed by atoms with Gasteiger partial charge in [-0.1, -0.05) is 400 Å². The molecule has 0 spiro atoms. The quantitative estimate of drug-likeness (QED) is 0.0932. The van der Waals surface area contributed by atoms with Gasteiger partial charge in [-0.3, -0.25) is 0 Å². The highest BCUT2D eigenvalue weighted by Gasteiger charge is 2.28. The Bertz CT molecular complexity index is 7360. The molecule has 22 aromatic rings. The van der Waals surface area contributed by atoms with E-state index in [1.165, 1.54) is 11.1 Å². The van der Waals surface area contributed by atoms with Crippen LogP contribution >= 0.6 is 0 Å². The van der Waals surface area contributed by atoms with Gasteiger partial charge in [-0.05, 0) is 98.1 Å². The summed E-state index contributed by atoms with van der Waals surface area (Å²) in [6, 6.07) is 153. The molecule has 0 atom stereocenters. The van der Waals surface area contributed by atoms with Crippen molar-refractivity contribution in [3.8, 4) is 180 Å². The summed E-state index contributed by atoms with van der Waals surface area (Å²) in [6.07, 6.45) is 0. The van der Waals surface area contributed by atoms with Gasteiger partial charge < -0.3 is 8.83 Å². The standard InChI is InChI=1S/C57H37N3O.C56H36N4O/c1-5-16-38(17-6-1)40-28-32-42(33-29-40)50-37-51(60-57(59-50)45-34-30-41(31-35-45)39-18-7-2-8-19-39)46-24-15-25-47(36-46)52-53-48-26-13-14-27-49(48)58-54(43-20-9-3-10-21-43)56(53)61-55(52)44-22-11-4-12-23-44;1-5-18-37(19-6-1)41-26-15-29-44(34-41)54-58-55(45-30-16-27-42(35-45)38-20-7-2-8-21-38)60-56(59-54)46-31-17-28-43(36-46)49-50-47-32-13-14-33-48(47)57-51(39-22-9-3-10-23-39)53(50)61-52(49)40-24-11-4-12-25-40/h1-37H;1-36H. The first-order valence-electron chi connectivity index (χ1n) is 40.9. The van der Waals surface area contributed by atoms with E-state index in [1.807, 2.05) is 97.1 Å². The predicted molar refractivity (Wildman–Crippen MR) is 499 cm³/mol. The van der Waals surface area contributed by atoms with Gasteiger partial charge in [-0.2, -0.15) is 0 Å². The second kappa shape index (κ2) is 32.5. The van der Waals surface area contributed by atoms with Gasteiger partial charge in [0.1, 0.15) is 22.9 Å². The number of furan rings is 2. The van der Waals surface area contributed by atoms with Crippen LogP contribution in [0.4, 0.5) is 0 Å². The summed E-state index contributed by atoms with van der Waals surface area (Å²) in [5.74, 6) is 3.99. The Kier molecular flexibility index (Phi) is 19.5. The Morgan fingerprint density at radius 2 is 0.410 bits per heavy atom. The van der Waals surface area contributed by atoms with Crippen LogP contribution in [-0.2, 0) is 0 Å². The fourth-order valence-corrected chi connectivity index (χ4v) is 16.5. The monoisotopic (exact) mass is 1560 g/mol. The first-order valence-corrected chi connectivity index (χ1v) is 40.9.